The zero-order valence-electron chi connectivity index (χ0n) is 9.33. The van der Waals surface area contributed by atoms with E-state index in [2.05, 4.69) is 5.10 Å². The van der Waals surface area contributed by atoms with Crippen LogP contribution in [0.1, 0.15) is 0 Å². The maximum atomic E-state index is 12.5. The van der Waals surface area contributed by atoms with E-state index >= 15 is 0 Å². The van der Waals surface area contributed by atoms with Crippen molar-refractivity contribution < 1.29 is 23.1 Å². The third-order valence-electron chi connectivity index (χ3n) is 2.54. The van der Waals surface area contributed by atoms with Gasteiger partial charge >= 0.3 is 17.8 Å². The molecule has 2 heterocycles. The van der Waals surface area contributed by atoms with Gasteiger partial charge in [0, 0.05) is 6.20 Å². The molecule has 0 amide bonds. The number of carboxylic acids is 1. The van der Waals surface area contributed by atoms with Gasteiger partial charge in [0.25, 0.3) is 0 Å². The van der Waals surface area contributed by atoms with Crippen molar-refractivity contribution in [2.75, 3.05) is 0 Å². The number of aliphatic carboxylic acids is 1. The minimum atomic E-state index is -4.94. The highest BCUT2D eigenvalue weighted by Gasteiger charge is 2.45. The molecule has 0 saturated carbocycles. The summed E-state index contributed by atoms with van der Waals surface area (Å²) in [4.78, 5) is 22.3. The summed E-state index contributed by atoms with van der Waals surface area (Å²) in [7, 11) is 0. The Hall–Kier alpha value is -2.32. The topological polar surface area (TPSA) is 76.6 Å². The van der Waals surface area contributed by atoms with E-state index in [9.17, 15) is 22.8 Å². The molecule has 2 rings (SSSR count). The molecule has 1 atom stereocenters. The average molecular weight is 275 g/mol. The lowest BCUT2D eigenvalue weighted by Gasteiger charge is -2.14. The smallest absolute Gasteiger partial charge is 0.404 e. The van der Waals surface area contributed by atoms with Crippen LogP contribution in [-0.4, -0.2) is 31.4 Å². The molecule has 0 aliphatic heterocycles. The van der Waals surface area contributed by atoms with E-state index in [0.29, 0.717) is 4.68 Å². The Morgan fingerprint density at radius 1 is 1.42 bits per heavy atom. The number of hydrogen-bond donors (Lipinski definition) is 1. The predicted molar refractivity (Wildman–Crippen MR) is 56.6 cm³/mol. The largest absolute Gasteiger partial charge is 0.481 e. The summed E-state index contributed by atoms with van der Waals surface area (Å²) in [5.74, 6) is -4.72. The molecule has 19 heavy (non-hydrogen) atoms. The number of hydrogen-bond acceptors (Lipinski definition) is 3. The second-order valence-corrected chi connectivity index (χ2v) is 3.83. The summed E-state index contributed by atoms with van der Waals surface area (Å²) >= 11 is 0. The molecule has 0 bridgehead atoms. The minimum Gasteiger partial charge on any atom is -0.481 e. The van der Waals surface area contributed by atoms with Gasteiger partial charge in [-0.25, -0.2) is 9.48 Å². The highest BCUT2D eigenvalue weighted by atomic mass is 19.4. The molecule has 0 radical (unpaired) electrons. The van der Waals surface area contributed by atoms with E-state index < -0.39 is 30.3 Å². The SMILES string of the molecule is O=C(O)C(Cn1nc2ccccn2c1=O)C(F)(F)F. The number of pyridine rings is 1. The van der Waals surface area contributed by atoms with Gasteiger partial charge in [0.05, 0.1) is 6.54 Å². The maximum Gasteiger partial charge on any atom is 0.404 e. The average Bonchev–Trinajstić information content (AvgIpc) is 2.62. The minimum absolute atomic E-state index is 0.152. The number of carbonyl (C=O) groups is 1. The standard InChI is InChI=1S/C10H8F3N3O3/c11-10(12,13)6(8(17)18)5-16-9(19)15-4-2-1-3-7(15)14-16/h1-4,6H,5H2,(H,17,18). The monoisotopic (exact) mass is 275 g/mol. The molecule has 0 aliphatic rings. The lowest BCUT2D eigenvalue weighted by atomic mass is 10.1. The quantitative estimate of drug-likeness (QED) is 0.897. The normalized spacial score (nSPS) is 13.6. The lowest BCUT2D eigenvalue weighted by Crippen LogP contribution is -2.37. The van der Waals surface area contributed by atoms with E-state index in [0.717, 1.165) is 4.40 Å². The van der Waals surface area contributed by atoms with Gasteiger partial charge < -0.3 is 5.11 Å². The van der Waals surface area contributed by atoms with Crippen molar-refractivity contribution in [3.8, 4) is 0 Å². The van der Waals surface area contributed by atoms with E-state index in [1.54, 1.807) is 6.07 Å². The highest BCUT2D eigenvalue weighted by molar-refractivity contribution is 5.70. The third kappa shape index (κ3) is 2.44. The van der Waals surface area contributed by atoms with E-state index in [1.165, 1.54) is 18.3 Å². The fourth-order valence-corrected chi connectivity index (χ4v) is 1.58. The van der Waals surface area contributed by atoms with Crippen molar-refractivity contribution in [3.63, 3.8) is 0 Å². The van der Waals surface area contributed by atoms with Crippen molar-refractivity contribution in [1.82, 2.24) is 14.2 Å². The maximum absolute atomic E-state index is 12.5. The van der Waals surface area contributed by atoms with Gasteiger partial charge in [-0.05, 0) is 12.1 Å². The molecule has 102 valence electrons. The summed E-state index contributed by atoms with van der Waals surface area (Å²) in [6, 6.07) is 4.50. The molecular weight excluding hydrogens is 267 g/mol. The Kier molecular flexibility index (Phi) is 3.05. The van der Waals surface area contributed by atoms with Gasteiger partial charge in [-0.15, -0.1) is 5.10 Å². The summed E-state index contributed by atoms with van der Waals surface area (Å²) in [6.45, 7) is -1.06. The molecule has 9 heteroatoms. The molecule has 0 aromatic carbocycles. The second kappa shape index (κ2) is 4.41. The van der Waals surface area contributed by atoms with Gasteiger partial charge in [-0.1, -0.05) is 6.07 Å². The summed E-state index contributed by atoms with van der Waals surface area (Å²) in [5, 5.41) is 12.2. The number of fused-ring (bicyclic) bond motifs is 1. The Labute approximate surface area is 103 Å². The number of alkyl halides is 3. The molecule has 0 aliphatic carbocycles. The molecular formula is C10H8F3N3O3. The fraction of sp³-hybridized carbons (Fsp3) is 0.300. The highest BCUT2D eigenvalue weighted by Crippen LogP contribution is 2.27. The first-order valence-corrected chi connectivity index (χ1v) is 5.14. The third-order valence-corrected chi connectivity index (χ3v) is 2.54. The van der Waals surface area contributed by atoms with Crippen LogP contribution in [0.3, 0.4) is 0 Å². The number of nitrogens with zero attached hydrogens (tertiary/aromatic N) is 3. The van der Waals surface area contributed by atoms with Crippen LogP contribution in [0.5, 0.6) is 0 Å². The number of halogens is 3. The van der Waals surface area contributed by atoms with Crippen LogP contribution >= 0.6 is 0 Å². The van der Waals surface area contributed by atoms with E-state index in [4.69, 9.17) is 5.11 Å². The van der Waals surface area contributed by atoms with E-state index in [-0.39, 0.29) is 5.65 Å². The van der Waals surface area contributed by atoms with Crippen molar-refractivity contribution in [2.24, 2.45) is 5.92 Å². The first kappa shape index (κ1) is 13.1. The van der Waals surface area contributed by atoms with Crippen LogP contribution < -0.4 is 5.69 Å². The van der Waals surface area contributed by atoms with Crippen molar-refractivity contribution in [2.45, 2.75) is 12.7 Å². The van der Waals surface area contributed by atoms with Gasteiger partial charge in [0.2, 0.25) is 0 Å². The van der Waals surface area contributed by atoms with Crippen molar-refractivity contribution in [1.29, 1.82) is 0 Å². The summed E-state index contributed by atoms with van der Waals surface area (Å²) < 4.78 is 39.1. The Balaban J connectivity index is 2.43. The van der Waals surface area contributed by atoms with Crippen LogP contribution in [0.2, 0.25) is 0 Å². The number of aromatic nitrogens is 3. The first-order valence-electron chi connectivity index (χ1n) is 5.14. The molecule has 1 unspecified atom stereocenters. The molecule has 2 aromatic rings. The predicted octanol–water partition coefficient (Wildman–Crippen LogP) is 0.759. The molecule has 2 aromatic heterocycles. The Morgan fingerprint density at radius 3 is 2.63 bits per heavy atom. The Morgan fingerprint density at radius 2 is 2.11 bits per heavy atom. The molecule has 6 nitrogen and oxygen atoms in total. The van der Waals surface area contributed by atoms with Crippen LogP contribution in [0.25, 0.3) is 5.65 Å². The molecule has 1 N–H and O–H groups in total. The second-order valence-electron chi connectivity index (χ2n) is 3.83. The summed E-state index contributed by atoms with van der Waals surface area (Å²) in [5.41, 5.74) is -0.662. The van der Waals surface area contributed by atoms with Crippen molar-refractivity contribution in [3.05, 3.63) is 34.9 Å². The van der Waals surface area contributed by atoms with Crippen LogP contribution in [0, 0.1) is 5.92 Å². The van der Waals surface area contributed by atoms with Gasteiger partial charge in [0.15, 0.2) is 11.6 Å². The first-order chi connectivity index (χ1) is 8.80. The fourth-order valence-electron chi connectivity index (χ4n) is 1.58. The lowest BCUT2D eigenvalue weighted by molar-refractivity contribution is -0.196. The van der Waals surface area contributed by atoms with Crippen LogP contribution in [0.4, 0.5) is 13.2 Å². The zero-order chi connectivity index (χ0) is 14.2. The Bertz CT molecular complexity index is 674. The van der Waals surface area contributed by atoms with Gasteiger partial charge in [-0.2, -0.15) is 13.2 Å². The van der Waals surface area contributed by atoms with Crippen LogP contribution in [0.15, 0.2) is 29.2 Å². The summed E-state index contributed by atoms with van der Waals surface area (Å²) in [6.07, 6.45) is -3.61. The van der Waals surface area contributed by atoms with Gasteiger partial charge in [-0.3, -0.25) is 9.20 Å². The number of rotatable bonds is 3. The van der Waals surface area contributed by atoms with E-state index in [1.807, 2.05) is 0 Å². The van der Waals surface area contributed by atoms with Crippen LogP contribution in [-0.2, 0) is 11.3 Å². The molecule has 0 saturated heterocycles. The van der Waals surface area contributed by atoms with Gasteiger partial charge in [0.1, 0.15) is 0 Å². The molecule has 0 fully saturated rings. The zero-order valence-corrected chi connectivity index (χ0v) is 9.33. The van der Waals surface area contributed by atoms with Crippen molar-refractivity contribution >= 4 is 11.6 Å². The molecule has 0 spiro atoms. The number of carboxylic acid groups (broad SMARTS) is 1.